The summed E-state index contributed by atoms with van der Waals surface area (Å²) in [5.41, 5.74) is 1.10. The van der Waals surface area contributed by atoms with Crippen molar-refractivity contribution in [2.24, 2.45) is 0 Å². The summed E-state index contributed by atoms with van der Waals surface area (Å²) in [4.78, 5) is 8.95. The third kappa shape index (κ3) is 4.70. The van der Waals surface area contributed by atoms with Gasteiger partial charge >= 0.3 is 0 Å². The lowest BCUT2D eigenvalue weighted by molar-refractivity contribution is 0.292. The Morgan fingerprint density at radius 3 is 2.71 bits per heavy atom. The Hall–Kier alpha value is -1.62. The molecule has 21 heavy (non-hydrogen) atoms. The molecule has 2 rings (SSSR count). The van der Waals surface area contributed by atoms with Gasteiger partial charge in [-0.3, -0.25) is 0 Å². The molecule has 0 spiro atoms. The van der Waals surface area contributed by atoms with E-state index in [-0.39, 0.29) is 5.92 Å². The van der Waals surface area contributed by atoms with Gasteiger partial charge in [-0.25, -0.2) is 4.98 Å². The Morgan fingerprint density at radius 1 is 1.24 bits per heavy atom. The fraction of sp³-hybridized carbons (Fsp3) is 0.375. The second kappa shape index (κ2) is 7.41. The molecular formula is C16H20BrN3O. The first kappa shape index (κ1) is 15.8. The van der Waals surface area contributed by atoms with E-state index in [9.17, 15) is 0 Å². The molecule has 0 aliphatic carbocycles. The van der Waals surface area contributed by atoms with E-state index < -0.39 is 0 Å². The average Bonchev–Trinajstić information content (AvgIpc) is 2.45. The summed E-state index contributed by atoms with van der Waals surface area (Å²) in [6, 6.07) is 9.89. The van der Waals surface area contributed by atoms with Gasteiger partial charge in [-0.2, -0.15) is 4.98 Å². The Bertz CT molecular complexity index is 602. The van der Waals surface area contributed by atoms with E-state index in [0.717, 1.165) is 28.2 Å². The number of ether oxygens (including phenoxy) is 1. The Kier molecular flexibility index (Phi) is 5.56. The van der Waals surface area contributed by atoms with E-state index in [0.29, 0.717) is 12.5 Å². The number of nitrogens with one attached hydrogen (secondary N) is 1. The van der Waals surface area contributed by atoms with Crippen molar-refractivity contribution in [2.75, 3.05) is 11.9 Å². The van der Waals surface area contributed by atoms with E-state index in [1.807, 2.05) is 37.3 Å². The van der Waals surface area contributed by atoms with E-state index in [2.05, 4.69) is 45.1 Å². The molecule has 1 aromatic carbocycles. The van der Waals surface area contributed by atoms with Gasteiger partial charge in [0.15, 0.2) is 0 Å². The summed E-state index contributed by atoms with van der Waals surface area (Å²) in [6.45, 7) is 7.49. The molecule has 0 atom stereocenters. The Balaban J connectivity index is 2.14. The standard InChI is InChI=1S/C16H20BrN3O/c1-4-18-14-9-15(20-16(19-14)11(2)3)21-10-12-6-5-7-13(17)8-12/h5-9,11H,4,10H2,1-3H3,(H,18,19,20). The molecule has 0 bridgehead atoms. The van der Waals surface area contributed by atoms with Gasteiger partial charge in [0.25, 0.3) is 0 Å². The van der Waals surface area contributed by atoms with Crippen molar-refractivity contribution in [2.45, 2.75) is 33.3 Å². The van der Waals surface area contributed by atoms with Crippen LogP contribution < -0.4 is 10.1 Å². The number of benzene rings is 1. The van der Waals surface area contributed by atoms with E-state index >= 15 is 0 Å². The number of aromatic nitrogens is 2. The highest BCUT2D eigenvalue weighted by molar-refractivity contribution is 9.10. The van der Waals surface area contributed by atoms with Crippen molar-refractivity contribution in [3.05, 3.63) is 46.2 Å². The molecule has 0 aliphatic heterocycles. The van der Waals surface area contributed by atoms with E-state index in [4.69, 9.17) is 4.74 Å². The smallest absolute Gasteiger partial charge is 0.219 e. The third-order valence-corrected chi connectivity index (χ3v) is 3.36. The fourth-order valence-corrected chi connectivity index (χ4v) is 2.28. The van der Waals surface area contributed by atoms with Crippen LogP contribution in [-0.2, 0) is 6.61 Å². The molecule has 112 valence electrons. The lowest BCUT2D eigenvalue weighted by Crippen LogP contribution is -2.07. The lowest BCUT2D eigenvalue weighted by atomic mass is 10.2. The van der Waals surface area contributed by atoms with Gasteiger partial charge in [-0.1, -0.05) is 41.9 Å². The highest BCUT2D eigenvalue weighted by Gasteiger charge is 2.09. The molecule has 2 aromatic rings. The minimum absolute atomic E-state index is 0.261. The molecule has 0 unspecified atom stereocenters. The van der Waals surface area contributed by atoms with Crippen LogP contribution in [0.1, 0.15) is 38.1 Å². The predicted octanol–water partition coefficient (Wildman–Crippen LogP) is 4.37. The first-order valence-corrected chi connectivity index (χ1v) is 7.88. The van der Waals surface area contributed by atoms with Crippen LogP contribution in [-0.4, -0.2) is 16.5 Å². The molecule has 0 fully saturated rings. The molecule has 0 saturated carbocycles. The summed E-state index contributed by atoms with van der Waals surface area (Å²) in [7, 11) is 0. The largest absolute Gasteiger partial charge is 0.473 e. The highest BCUT2D eigenvalue weighted by Crippen LogP contribution is 2.20. The van der Waals surface area contributed by atoms with Crippen LogP contribution in [0.15, 0.2) is 34.8 Å². The normalized spacial score (nSPS) is 10.7. The van der Waals surface area contributed by atoms with Crippen molar-refractivity contribution in [3.8, 4) is 5.88 Å². The van der Waals surface area contributed by atoms with Gasteiger partial charge in [0.2, 0.25) is 5.88 Å². The number of halogens is 1. The molecule has 1 N–H and O–H groups in total. The van der Waals surface area contributed by atoms with Crippen LogP contribution >= 0.6 is 15.9 Å². The molecular weight excluding hydrogens is 330 g/mol. The zero-order valence-corrected chi connectivity index (χ0v) is 14.1. The van der Waals surface area contributed by atoms with Crippen molar-refractivity contribution in [1.29, 1.82) is 0 Å². The predicted molar refractivity (Wildman–Crippen MR) is 88.8 cm³/mol. The molecule has 0 saturated heterocycles. The Morgan fingerprint density at radius 2 is 2.05 bits per heavy atom. The number of nitrogens with zero attached hydrogens (tertiary/aromatic N) is 2. The monoisotopic (exact) mass is 349 g/mol. The van der Waals surface area contributed by atoms with Gasteiger partial charge in [0.05, 0.1) is 0 Å². The molecule has 5 heteroatoms. The van der Waals surface area contributed by atoms with E-state index in [1.54, 1.807) is 0 Å². The van der Waals surface area contributed by atoms with Crippen LogP contribution in [0.5, 0.6) is 5.88 Å². The fourth-order valence-electron chi connectivity index (χ4n) is 1.83. The van der Waals surface area contributed by atoms with Gasteiger partial charge in [0, 0.05) is 23.0 Å². The Labute approximate surface area is 134 Å². The zero-order valence-electron chi connectivity index (χ0n) is 12.6. The highest BCUT2D eigenvalue weighted by atomic mass is 79.9. The third-order valence-electron chi connectivity index (χ3n) is 2.87. The topological polar surface area (TPSA) is 47.0 Å². The van der Waals surface area contributed by atoms with Crippen molar-refractivity contribution < 1.29 is 4.74 Å². The second-order valence-electron chi connectivity index (χ2n) is 5.05. The maximum absolute atomic E-state index is 5.81. The summed E-state index contributed by atoms with van der Waals surface area (Å²) in [5, 5.41) is 3.21. The van der Waals surface area contributed by atoms with Crippen molar-refractivity contribution >= 4 is 21.7 Å². The molecule has 1 aromatic heterocycles. The molecule has 0 amide bonds. The SMILES string of the molecule is CCNc1cc(OCc2cccc(Br)c2)nc(C(C)C)n1. The molecule has 0 radical (unpaired) electrons. The van der Waals surface area contributed by atoms with Crippen LogP contribution in [0.25, 0.3) is 0 Å². The summed E-state index contributed by atoms with van der Waals surface area (Å²) in [6.07, 6.45) is 0. The minimum Gasteiger partial charge on any atom is -0.473 e. The van der Waals surface area contributed by atoms with Crippen molar-refractivity contribution in [1.82, 2.24) is 9.97 Å². The second-order valence-corrected chi connectivity index (χ2v) is 5.97. The quantitative estimate of drug-likeness (QED) is 0.840. The average molecular weight is 350 g/mol. The van der Waals surface area contributed by atoms with Crippen LogP contribution in [0.4, 0.5) is 5.82 Å². The van der Waals surface area contributed by atoms with Crippen molar-refractivity contribution in [3.63, 3.8) is 0 Å². The first-order valence-electron chi connectivity index (χ1n) is 7.08. The van der Waals surface area contributed by atoms with E-state index in [1.165, 1.54) is 0 Å². The number of hydrogen-bond donors (Lipinski definition) is 1. The number of anilines is 1. The number of hydrogen-bond acceptors (Lipinski definition) is 4. The number of rotatable bonds is 6. The minimum atomic E-state index is 0.261. The molecule has 4 nitrogen and oxygen atoms in total. The van der Waals surface area contributed by atoms with Gasteiger partial charge < -0.3 is 10.1 Å². The molecule has 0 aliphatic rings. The maximum atomic E-state index is 5.81. The molecule has 1 heterocycles. The zero-order chi connectivity index (χ0) is 15.2. The summed E-state index contributed by atoms with van der Waals surface area (Å²) in [5.74, 6) is 2.46. The summed E-state index contributed by atoms with van der Waals surface area (Å²) < 4.78 is 6.86. The first-order chi connectivity index (χ1) is 10.1. The van der Waals surface area contributed by atoms with Gasteiger partial charge in [-0.15, -0.1) is 0 Å². The van der Waals surface area contributed by atoms with Gasteiger partial charge in [0.1, 0.15) is 18.2 Å². The van der Waals surface area contributed by atoms with Gasteiger partial charge in [-0.05, 0) is 24.6 Å². The van der Waals surface area contributed by atoms with Crippen LogP contribution in [0.2, 0.25) is 0 Å². The summed E-state index contributed by atoms with van der Waals surface area (Å²) >= 11 is 3.46. The lowest BCUT2D eigenvalue weighted by Gasteiger charge is -2.12. The van der Waals surface area contributed by atoms with Crippen LogP contribution in [0, 0.1) is 0 Å². The maximum Gasteiger partial charge on any atom is 0.219 e. The van der Waals surface area contributed by atoms with Crippen LogP contribution in [0.3, 0.4) is 0 Å².